The number of esters is 1. The molecule has 1 aromatic heterocycles. The highest BCUT2D eigenvalue weighted by atomic mass is 79.9. The highest BCUT2D eigenvalue weighted by Gasteiger charge is 2.08. The van der Waals surface area contributed by atoms with Gasteiger partial charge in [-0.25, -0.2) is 4.79 Å². The van der Waals surface area contributed by atoms with E-state index in [1.165, 1.54) is 0 Å². The second kappa shape index (κ2) is 6.27. The van der Waals surface area contributed by atoms with E-state index in [2.05, 4.69) is 27.5 Å². The molecule has 0 amide bonds. The average Bonchev–Trinajstić information content (AvgIpc) is 2.26. The minimum absolute atomic E-state index is 0.0942. The fraction of sp³-hybridized carbons (Fsp3) is 0.273. The van der Waals surface area contributed by atoms with Crippen molar-refractivity contribution in [1.29, 1.82) is 0 Å². The Kier molecular flexibility index (Phi) is 4.98. The Morgan fingerprint density at radius 1 is 1.56 bits per heavy atom. The lowest BCUT2D eigenvalue weighted by Crippen LogP contribution is -2.13. The lowest BCUT2D eigenvalue weighted by molar-refractivity contribution is -0.138. The first-order valence-corrected chi connectivity index (χ1v) is 5.51. The Morgan fingerprint density at radius 2 is 2.31 bits per heavy atom. The van der Waals surface area contributed by atoms with Crippen molar-refractivity contribution in [2.45, 2.75) is 6.92 Å². The minimum Gasteiger partial charge on any atom is -0.487 e. The number of halogens is 1. The Bertz CT molecular complexity index is 393. The van der Waals surface area contributed by atoms with Crippen LogP contribution in [0.25, 0.3) is 0 Å². The van der Waals surface area contributed by atoms with E-state index >= 15 is 0 Å². The summed E-state index contributed by atoms with van der Waals surface area (Å²) in [5, 5.41) is 0. The van der Waals surface area contributed by atoms with Crippen molar-refractivity contribution in [3.8, 4) is 5.75 Å². The molecule has 16 heavy (non-hydrogen) atoms. The Balaban J connectivity index is 2.46. The van der Waals surface area contributed by atoms with E-state index in [0.29, 0.717) is 12.4 Å². The number of rotatable bonds is 5. The zero-order valence-electron chi connectivity index (χ0n) is 8.90. The number of hydrogen-bond acceptors (Lipinski definition) is 4. The predicted octanol–water partition coefficient (Wildman–Crippen LogP) is 2.34. The molecule has 0 atom stereocenters. The molecule has 1 aromatic rings. The van der Waals surface area contributed by atoms with Crippen LogP contribution in [0.4, 0.5) is 0 Å². The van der Waals surface area contributed by atoms with Gasteiger partial charge < -0.3 is 9.47 Å². The molecule has 86 valence electrons. The van der Waals surface area contributed by atoms with Gasteiger partial charge in [0.2, 0.25) is 0 Å². The summed E-state index contributed by atoms with van der Waals surface area (Å²) in [4.78, 5) is 15.1. The summed E-state index contributed by atoms with van der Waals surface area (Å²) in [6.45, 7) is 5.74. The molecule has 4 nitrogen and oxygen atoms in total. The molecule has 0 spiro atoms. The van der Waals surface area contributed by atoms with E-state index in [1.807, 2.05) is 0 Å². The molecule has 0 saturated carbocycles. The normalized spacial score (nSPS) is 9.62. The van der Waals surface area contributed by atoms with Gasteiger partial charge >= 0.3 is 5.97 Å². The summed E-state index contributed by atoms with van der Waals surface area (Å²) < 4.78 is 10.9. The number of carbonyl (C=O) groups is 1. The van der Waals surface area contributed by atoms with Gasteiger partial charge in [-0.05, 0) is 28.9 Å². The van der Waals surface area contributed by atoms with Crippen molar-refractivity contribution >= 4 is 21.9 Å². The number of hydrogen-bond donors (Lipinski definition) is 0. The van der Waals surface area contributed by atoms with Crippen molar-refractivity contribution in [3.63, 3.8) is 0 Å². The van der Waals surface area contributed by atoms with Crippen LogP contribution in [0.2, 0.25) is 0 Å². The lowest BCUT2D eigenvalue weighted by Gasteiger charge is -2.07. The summed E-state index contributed by atoms with van der Waals surface area (Å²) in [5.74, 6) is 0.130. The molecule has 0 aliphatic carbocycles. The van der Waals surface area contributed by atoms with Gasteiger partial charge in [-0.15, -0.1) is 0 Å². The van der Waals surface area contributed by atoms with Crippen molar-refractivity contribution < 1.29 is 14.3 Å². The zero-order valence-corrected chi connectivity index (χ0v) is 10.5. The number of nitrogens with zero attached hydrogens (tertiary/aromatic N) is 1. The van der Waals surface area contributed by atoms with E-state index in [9.17, 15) is 4.79 Å². The molecule has 5 heteroatoms. The summed E-state index contributed by atoms with van der Waals surface area (Å²) >= 11 is 3.27. The van der Waals surface area contributed by atoms with Gasteiger partial charge in [-0.2, -0.15) is 0 Å². The molecule has 1 rings (SSSR count). The molecule has 0 bridgehead atoms. The van der Waals surface area contributed by atoms with Gasteiger partial charge in [-0.1, -0.05) is 6.58 Å². The van der Waals surface area contributed by atoms with Gasteiger partial charge in [0.15, 0.2) is 0 Å². The first-order chi connectivity index (χ1) is 7.63. The molecular weight excluding hydrogens is 274 g/mol. The van der Waals surface area contributed by atoms with Crippen LogP contribution in [0, 0.1) is 0 Å². The third-order valence-corrected chi connectivity index (χ3v) is 2.09. The van der Waals surface area contributed by atoms with E-state index in [0.717, 1.165) is 4.47 Å². The second-order valence-corrected chi connectivity index (χ2v) is 3.87. The molecule has 0 saturated heterocycles. The van der Waals surface area contributed by atoms with Gasteiger partial charge in [0.25, 0.3) is 0 Å². The van der Waals surface area contributed by atoms with Crippen LogP contribution in [0.1, 0.15) is 6.92 Å². The maximum absolute atomic E-state index is 11.2. The summed E-state index contributed by atoms with van der Waals surface area (Å²) in [7, 11) is 0. The minimum atomic E-state index is -0.439. The molecule has 0 aliphatic heterocycles. The van der Waals surface area contributed by atoms with Crippen LogP contribution in [-0.4, -0.2) is 24.2 Å². The highest BCUT2D eigenvalue weighted by Crippen LogP contribution is 2.16. The fourth-order valence-corrected chi connectivity index (χ4v) is 1.28. The average molecular weight is 286 g/mol. The monoisotopic (exact) mass is 285 g/mol. The molecular formula is C11H12BrNO3. The van der Waals surface area contributed by atoms with E-state index in [1.54, 1.807) is 25.4 Å². The van der Waals surface area contributed by atoms with Gasteiger partial charge in [0.1, 0.15) is 12.4 Å². The van der Waals surface area contributed by atoms with Crippen molar-refractivity contribution in [3.05, 3.63) is 35.1 Å². The largest absolute Gasteiger partial charge is 0.487 e. The lowest BCUT2D eigenvalue weighted by atomic mass is 10.3. The van der Waals surface area contributed by atoms with Crippen molar-refractivity contribution in [1.82, 2.24) is 4.98 Å². The van der Waals surface area contributed by atoms with Crippen LogP contribution in [0.5, 0.6) is 5.75 Å². The molecule has 1 heterocycles. The van der Waals surface area contributed by atoms with E-state index < -0.39 is 5.97 Å². The predicted molar refractivity (Wildman–Crippen MR) is 63.2 cm³/mol. The molecule has 0 aromatic carbocycles. The fourth-order valence-electron chi connectivity index (χ4n) is 0.934. The van der Waals surface area contributed by atoms with Crippen molar-refractivity contribution in [2.24, 2.45) is 0 Å². The molecule has 0 N–H and O–H groups in total. The maximum Gasteiger partial charge on any atom is 0.336 e. The van der Waals surface area contributed by atoms with Crippen LogP contribution >= 0.6 is 15.9 Å². The van der Waals surface area contributed by atoms with Crippen LogP contribution in [-0.2, 0) is 9.53 Å². The third kappa shape index (κ3) is 4.02. The maximum atomic E-state index is 11.2. The number of carbonyl (C=O) groups excluding carboxylic acids is 1. The van der Waals surface area contributed by atoms with Crippen LogP contribution < -0.4 is 4.74 Å². The highest BCUT2D eigenvalue weighted by molar-refractivity contribution is 9.10. The Labute approximate surface area is 102 Å². The second-order valence-electron chi connectivity index (χ2n) is 2.95. The number of ether oxygens (including phenoxy) is 2. The van der Waals surface area contributed by atoms with Crippen LogP contribution in [0.15, 0.2) is 35.1 Å². The standard InChI is InChI=1S/C11H12BrNO3/c1-3-15-11(14)8(2)7-16-10-4-9(12)5-13-6-10/h4-6H,2-3,7H2,1H3. The first kappa shape index (κ1) is 12.7. The van der Waals surface area contributed by atoms with Gasteiger partial charge in [0.05, 0.1) is 18.4 Å². The van der Waals surface area contributed by atoms with Gasteiger partial charge in [-0.3, -0.25) is 4.98 Å². The molecule has 0 fully saturated rings. The number of aromatic nitrogens is 1. The van der Waals surface area contributed by atoms with E-state index in [-0.39, 0.29) is 12.2 Å². The molecule has 0 unspecified atom stereocenters. The molecule has 0 aliphatic rings. The first-order valence-electron chi connectivity index (χ1n) is 4.71. The third-order valence-electron chi connectivity index (χ3n) is 1.66. The van der Waals surface area contributed by atoms with Crippen LogP contribution in [0.3, 0.4) is 0 Å². The Morgan fingerprint density at radius 3 is 2.94 bits per heavy atom. The summed E-state index contributed by atoms with van der Waals surface area (Å²) in [6.07, 6.45) is 3.20. The molecule has 0 radical (unpaired) electrons. The topological polar surface area (TPSA) is 48.4 Å². The van der Waals surface area contributed by atoms with Crippen molar-refractivity contribution in [2.75, 3.05) is 13.2 Å². The smallest absolute Gasteiger partial charge is 0.336 e. The summed E-state index contributed by atoms with van der Waals surface area (Å²) in [6, 6.07) is 1.76. The quantitative estimate of drug-likeness (QED) is 0.615. The SMILES string of the molecule is C=C(COc1cncc(Br)c1)C(=O)OCC. The zero-order chi connectivity index (χ0) is 12.0. The van der Waals surface area contributed by atoms with Gasteiger partial charge in [0, 0.05) is 10.7 Å². The number of pyridine rings is 1. The Hall–Kier alpha value is -1.36. The van der Waals surface area contributed by atoms with E-state index in [4.69, 9.17) is 9.47 Å². The summed E-state index contributed by atoms with van der Waals surface area (Å²) in [5.41, 5.74) is 0.279.